The van der Waals surface area contributed by atoms with Crippen molar-refractivity contribution in [1.29, 1.82) is 0 Å². The summed E-state index contributed by atoms with van der Waals surface area (Å²) in [7, 11) is -2.43. The lowest BCUT2D eigenvalue weighted by Gasteiger charge is -2.36. The van der Waals surface area contributed by atoms with Gasteiger partial charge in [-0.2, -0.15) is 0 Å². The highest BCUT2D eigenvalue weighted by Crippen LogP contribution is 2.25. The summed E-state index contributed by atoms with van der Waals surface area (Å²) < 4.78 is 30.6. The highest BCUT2D eigenvalue weighted by Gasteiger charge is 2.28. The van der Waals surface area contributed by atoms with E-state index >= 15 is 0 Å². The number of amides is 1. The van der Waals surface area contributed by atoms with E-state index in [9.17, 15) is 18.0 Å². The smallest absolute Gasteiger partial charge is 0.340 e. The number of anilines is 1. The molecule has 1 unspecified atom stereocenters. The molecule has 8 heteroatoms. The van der Waals surface area contributed by atoms with Crippen molar-refractivity contribution in [3.8, 4) is 0 Å². The molecule has 7 nitrogen and oxygen atoms in total. The fraction of sp³-hybridized carbons (Fsp3) is 0.579. The van der Waals surface area contributed by atoms with Gasteiger partial charge in [-0.15, -0.1) is 0 Å². The average molecular weight is 397 g/mol. The first-order valence-corrected chi connectivity index (χ1v) is 11.1. The topological polar surface area (TPSA) is 84.0 Å². The van der Waals surface area contributed by atoms with Crippen molar-refractivity contribution < 1.29 is 22.7 Å². The Morgan fingerprint density at radius 2 is 1.96 bits per heavy atom. The number of carbonyl (C=O) groups excluding carboxylic acids is 2. The van der Waals surface area contributed by atoms with Gasteiger partial charge in [-0.25, -0.2) is 13.2 Å². The lowest BCUT2D eigenvalue weighted by molar-refractivity contribution is -0.134. The second kappa shape index (κ2) is 9.21. The molecule has 1 saturated heterocycles. The summed E-state index contributed by atoms with van der Waals surface area (Å²) in [6.45, 7) is 2.76. The van der Waals surface area contributed by atoms with E-state index in [4.69, 9.17) is 4.74 Å². The minimum absolute atomic E-state index is 0.0153. The molecule has 0 radical (unpaired) electrons. The van der Waals surface area contributed by atoms with E-state index in [-0.39, 0.29) is 36.2 Å². The highest BCUT2D eigenvalue weighted by molar-refractivity contribution is 7.92. The Kier molecular flexibility index (Phi) is 7.24. The number of para-hydroxylation sites is 1. The van der Waals surface area contributed by atoms with Gasteiger partial charge in [0, 0.05) is 25.6 Å². The second-order valence-electron chi connectivity index (χ2n) is 6.74. The Labute approximate surface area is 161 Å². The summed E-state index contributed by atoms with van der Waals surface area (Å²) in [5.74, 6) is -0.668. The van der Waals surface area contributed by atoms with Gasteiger partial charge in [-0.1, -0.05) is 19.1 Å². The molecule has 1 fully saturated rings. The van der Waals surface area contributed by atoms with E-state index < -0.39 is 16.0 Å². The molecule has 1 aliphatic heterocycles. The number of hydrogen-bond donors (Lipinski definition) is 0. The number of benzene rings is 1. The fourth-order valence-electron chi connectivity index (χ4n) is 3.53. The standard InChI is InChI=1S/C19H28N2O5S/c1-4-15-9-7-8-13-20(15)18(22)12-14-21(27(3,24)25)17-11-6-5-10-16(17)19(23)26-2/h5-6,10-11,15H,4,7-9,12-14H2,1-3H3. The third-order valence-electron chi connectivity index (χ3n) is 4.93. The van der Waals surface area contributed by atoms with Crippen LogP contribution in [-0.4, -0.2) is 57.7 Å². The molecule has 27 heavy (non-hydrogen) atoms. The predicted molar refractivity (Wildman–Crippen MR) is 104 cm³/mol. The maximum absolute atomic E-state index is 12.7. The maximum atomic E-state index is 12.7. The van der Waals surface area contributed by atoms with E-state index in [1.165, 1.54) is 13.2 Å². The van der Waals surface area contributed by atoms with Crippen LogP contribution in [0.4, 0.5) is 5.69 Å². The van der Waals surface area contributed by atoms with Gasteiger partial charge >= 0.3 is 5.97 Å². The van der Waals surface area contributed by atoms with E-state index in [0.29, 0.717) is 0 Å². The Morgan fingerprint density at radius 3 is 2.59 bits per heavy atom. The SMILES string of the molecule is CCC1CCCCN1C(=O)CCN(c1ccccc1C(=O)OC)S(C)(=O)=O. The molecule has 1 aliphatic rings. The van der Waals surface area contributed by atoms with Gasteiger partial charge < -0.3 is 9.64 Å². The van der Waals surface area contributed by atoms with Crippen molar-refractivity contribution in [2.24, 2.45) is 0 Å². The molecule has 150 valence electrons. The number of sulfonamides is 1. The number of esters is 1. The van der Waals surface area contributed by atoms with E-state index in [2.05, 4.69) is 6.92 Å². The number of carbonyl (C=O) groups is 2. The number of ether oxygens (including phenoxy) is 1. The highest BCUT2D eigenvalue weighted by atomic mass is 32.2. The monoisotopic (exact) mass is 396 g/mol. The number of nitrogens with zero attached hydrogens (tertiary/aromatic N) is 2. The van der Waals surface area contributed by atoms with Gasteiger partial charge in [0.1, 0.15) is 0 Å². The van der Waals surface area contributed by atoms with Crippen LogP contribution in [0.25, 0.3) is 0 Å². The van der Waals surface area contributed by atoms with Crippen molar-refractivity contribution in [1.82, 2.24) is 4.90 Å². The summed E-state index contributed by atoms with van der Waals surface area (Å²) in [6, 6.07) is 6.58. The third kappa shape index (κ3) is 5.22. The average Bonchev–Trinajstić information content (AvgIpc) is 2.66. The second-order valence-corrected chi connectivity index (χ2v) is 8.65. The molecule has 1 aromatic carbocycles. The van der Waals surface area contributed by atoms with Crippen LogP contribution in [-0.2, 0) is 19.6 Å². The minimum Gasteiger partial charge on any atom is -0.465 e. The largest absolute Gasteiger partial charge is 0.465 e. The zero-order valence-corrected chi connectivity index (χ0v) is 17.0. The Bertz CT molecular complexity index is 778. The van der Waals surface area contributed by atoms with Crippen molar-refractivity contribution in [2.75, 3.05) is 30.8 Å². The van der Waals surface area contributed by atoms with Crippen LogP contribution in [0.15, 0.2) is 24.3 Å². The predicted octanol–water partition coefficient (Wildman–Crippen LogP) is 2.42. The molecule has 2 rings (SSSR count). The lowest BCUT2D eigenvalue weighted by Crippen LogP contribution is -2.45. The Balaban J connectivity index is 2.22. The van der Waals surface area contributed by atoms with Crippen LogP contribution in [0.2, 0.25) is 0 Å². The van der Waals surface area contributed by atoms with Gasteiger partial charge in [0.05, 0.1) is 24.6 Å². The van der Waals surface area contributed by atoms with Crippen LogP contribution >= 0.6 is 0 Å². The molecule has 0 bridgehead atoms. The molecular weight excluding hydrogens is 368 g/mol. The van der Waals surface area contributed by atoms with Crippen LogP contribution in [0.3, 0.4) is 0 Å². The zero-order chi connectivity index (χ0) is 20.0. The fourth-order valence-corrected chi connectivity index (χ4v) is 4.47. The number of piperidine rings is 1. The third-order valence-corrected chi connectivity index (χ3v) is 6.11. The van der Waals surface area contributed by atoms with E-state index in [1.807, 2.05) is 4.90 Å². The summed E-state index contributed by atoms with van der Waals surface area (Å²) >= 11 is 0. The normalized spacial score (nSPS) is 17.4. The summed E-state index contributed by atoms with van der Waals surface area (Å²) in [5.41, 5.74) is 0.382. The van der Waals surface area contributed by atoms with Gasteiger partial charge in [0.15, 0.2) is 0 Å². The van der Waals surface area contributed by atoms with Crippen LogP contribution in [0.5, 0.6) is 0 Å². The van der Waals surface area contributed by atoms with Gasteiger partial charge in [0.2, 0.25) is 15.9 Å². The quantitative estimate of drug-likeness (QED) is 0.661. The minimum atomic E-state index is -3.67. The van der Waals surface area contributed by atoms with Gasteiger partial charge in [0.25, 0.3) is 0 Å². The van der Waals surface area contributed by atoms with Crippen LogP contribution in [0.1, 0.15) is 49.4 Å². The molecule has 0 aliphatic carbocycles. The molecule has 0 saturated carbocycles. The van der Waals surface area contributed by atoms with Crippen molar-refractivity contribution in [3.63, 3.8) is 0 Å². The summed E-state index contributed by atoms with van der Waals surface area (Å²) in [6.07, 6.45) is 5.11. The first-order valence-electron chi connectivity index (χ1n) is 9.24. The maximum Gasteiger partial charge on any atom is 0.340 e. The molecule has 1 atom stereocenters. The van der Waals surface area contributed by atoms with E-state index in [1.54, 1.807) is 18.2 Å². The molecule has 0 N–H and O–H groups in total. The number of rotatable bonds is 7. The molecule has 1 aromatic rings. The molecule has 0 spiro atoms. The Hall–Kier alpha value is -2.09. The molecule has 1 amide bonds. The van der Waals surface area contributed by atoms with Crippen molar-refractivity contribution >= 4 is 27.6 Å². The van der Waals surface area contributed by atoms with Crippen molar-refractivity contribution in [2.45, 2.75) is 45.1 Å². The number of likely N-dealkylation sites (tertiary alicyclic amines) is 1. The summed E-state index contributed by atoms with van der Waals surface area (Å²) in [5, 5.41) is 0. The molecular formula is C19H28N2O5S. The summed E-state index contributed by atoms with van der Waals surface area (Å²) in [4.78, 5) is 26.6. The first-order chi connectivity index (χ1) is 12.8. The molecule has 1 heterocycles. The van der Waals surface area contributed by atoms with Crippen molar-refractivity contribution in [3.05, 3.63) is 29.8 Å². The first kappa shape index (κ1) is 21.2. The zero-order valence-electron chi connectivity index (χ0n) is 16.2. The number of methoxy groups -OCH3 is 1. The number of hydrogen-bond acceptors (Lipinski definition) is 5. The van der Waals surface area contributed by atoms with E-state index in [0.717, 1.165) is 42.8 Å². The lowest BCUT2D eigenvalue weighted by atomic mass is 9.99. The molecule has 0 aromatic heterocycles. The van der Waals surface area contributed by atoms with Crippen LogP contribution in [0, 0.1) is 0 Å². The Morgan fingerprint density at radius 1 is 1.26 bits per heavy atom. The van der Waals surface area contributed by atoms with Gasteiger partial charge in [-0.05, 0) is 37.8 Å². The van der Waals surface area contributed by atoms with Crippen LogP contribution < -0.4 is 4.31 Å². The van der Waals surface area contributed by atoms with Gasteiger partial charge in [-0.3, -0.25) is 9.10 Å².